The lowest BCUT2D eigenvalue weighted by Gasteiger charge is -2.21. The van der Waals surface area contributed by atoms with E-state index in [0.29, 0.717) is 15.3 Å². The zero-order valence-corrected chi connectivity index (χ0v) is 18.0. The maximum atomic E-state index is 14.2. The van der Waals surface area contributed by atoms with Crippen molar-refractivity contribution in [1.82, 2.24) is 9.97 Å². The molecule has 0 unspecified atom stereocenters. The number of aromatic nitrogens is 2. The minimum Gasteiger partial charge on any atom is -0.282 e. The van der Waals surface area contributed by atoms with Gasteiger partial charge in [0, 0.05) is 6.20 Å². The Labute approximate surface area is 179 Å². The summed E-state index contributed by atoms with van der Waals surface area (Å²) in [5.41, 5.74) is 5.42. The summed E-state index contributed by atoms with van der Waals surface area (Å²) < 4.78 is 14.9. The Morgan fingerprint density at radius 1 is 1.07 bits per heavy atom. The van der Waals surface area contributed by atoms with Crippen LogP contribution in [-0.2, 0) is 17.8 Å². The summed E-state index contributed by atoms with van der Waals surface area (Å²) in [6.07, 6.45) is 1.95. The van der Waals surface area contributed by atoms with Crippen molar-refractivity contribution in [3.05, 3.63) is 88.5 Å². The zero-order valence-electron chi connectivity index (χ0n) is 17.1. The van der Waals surface area contributed by atoms with Crippen molar-refractivity contribution < 1.29 is 9.18 Å². The first-order valence-electron chi connectivity index (χ1n) is 9.74. The Kier molecular flexibility index (Phi) is 5.59. The molecule has 0 aliphatic heterocycles. The molecule has 0 atom stereocenters. The number of thiazole rings is 1. The summed E-state index contributed by atoms with van der Waals surface area (Å²) in [6, 6.07) is 14.6. The number of benzene rings is 2. The number of hydrogen-bond acceptors (Lipinski definition) is 4. The van der Waals surface area contributed by atoms with E-state index in [-0.39, 0.29) is 24.7 Å². The number of pyridine rings is 1. The van der Waals surface area contributed by atoms with Crippen molar-refractivity contribution in [3.8, 4) is 0 Å². The molecule has 0 saturated carbocycles. The summed E-state index contributed by atoms with van der Waals surface area (Å²) in [5.74, 6) is -0.472. The standard InChI is InChI=1S/C24H22FN3OS/c1-15-11-16(2)19(17(3)12-15)13-22(29)28(14-18-7-4-5-10-26-18)24-27-23-20(25)8-6-9-21(23)30-24/h4-12H,13-14H2,1-3H3. The van der Waals surface area contributed by atoms with Crippen LogP contribution in [-0.4, -0.2) is 15.9 Å². The molecule has 0 bridgehead atoms. The first-order chi connectivity index (χ1) is 14.4. The summed E-state index contributed by atoms with van der Waals surface area (Å²) in [5, 5.41) is 0.480. The highest BCUT2D eigenvalue weighted by Crippen LogP contribution is 2.31. The van der Waals surface area contributed by atoms with Crippen molar-refractivity contribution in [3.63, 3.8) is 0 Å². The molecule has 0 spiro atoms. The van der Waals surface area contributed by atoms with Gasteiger partial charge in [-0.15, -0.1) is 0 Å². The first-order valence-corrected chi connectivity index (χ1v) is 10.6. The smallest absolute Gasteiger partial charge is 0.233 e. The number of aryl methyl sites for hydroxylation is 3. The van der Waals surface area contributed by atoms with Crippen molar-refractivity contribution in [1.29, 1.82) is 0 Å². The normalized spacial score (nSPS) is 11.1. The summed E-state index contributed by atoms with van der Waals surface area (Å²) >= 11 is 1.31. The van der Waals surface area contributed by atoms with Crippen LogP contribution in [0, 0.1) is 26.6 Å². The molecule has 30 heavy (non-hydrogen) atoms. The van der Waals surface area contributed by atoms with Gasteiger partial charge in [0.15, 0.2) is 5.13 Å². The van der Waals surface area contributed by atoms with Gasteiger partial charge in [-0.05, 0) is 61.7 Å². The van der Waals surface area contributed by atoms with E-state index < -0.39 is 0 Å². The molecule has 0 saturated heterocycles. The van der Waals surface area contributed by atoms with Crippen LogP contribution in [0.5, 0.6) is 0 Å². The van der Waals surface area contributed by atoms with E-state index in [1.165, 1.54) is 23.0 Å². The van der Waals surface area contributed by atoms with Gasteiger partial charge in [0.25, 0.3) is 0 Å². The highest BCUT2D eigenvalue weighted by atomic mass is 32.1. The highest BCUT2D eigenvalue weighted by Gasteiger charge is 2.23. The van der Waals surface area contributed by atoms with Crippen LogP contribution in [0.15, 0.2) is 54.7 Å². The SMILES string of the molecule is Cc1cc(C)c(CC(=O)N(Cc2ccccn2)c2nc3c(F)cccc3s2)c(C)c1. The molecule has 1 amide bonds. The lowest BCUT2D eigenvalue weighted by molar-refractivity contribution is -0.118. The third kappa shape index (κ3) is 4.09. The molecule has 2 heterocycles. The van der Waals surface area contributed by atoms with Gasteiger partial charge in [-0.1, -0.05) is 41.2 Å². The van der Waals surface area contributed by atoms with Crippen molar-refractivity contribution in [2.24, 2.45) is 0 Å². The fourth-order valence-electron chi connectivity index (χ4n) is 3.67. The monoisotopic (exact) mass is 419 g/mol. The van der Waals surface area contributed by atoms with E-state index >= 15 is 0 Å². The maximum absolute atomic E-state index is 14.2. The van der Waals surface area contributed by atoms with Gasteiger partial charge in [-0.2, -0.15) is 0 Å². The second-order valence-electron chi connectivity index (χ2n) is 7.44. The number of anilines is 1. The number of para-hydroxylation sites is 1. The predicted octanol–water partition coefficient (Wildman–Crippen LogP) is 5.53. The number of nitrogens with zero attached hydrogens (tertiary/aromatic N) is 3. The second-order valence-corrected chi connectivity index (χ2v) is 8.45. The van der Waals surface area contributed by atoms with E-state index in [9.17, 15) is 9.18 Å². The largest absolute Gasteiger partial charge is 0.282 e. The van der Waals surface area contributed by atoms with E-state index in [2.05, 4.69) is 29.0 Å². The Hall–Kier alpha value is -3.12. The molecule has 0 aliphatic rings. The number of halogens is 1. The van der Waals surface area contributed by atoms with E-state index in [1.54, 1.807) is 17.2 Å². The second kappa shape index (κ2) is 8.32. The molecular weight excluding hydrogens is 397 g/mol. The van der Waals surface area contributed by atoms with Crippen molar-refractivity contribution in [2.45, 2.75) is 33.7 Å². The van der Waals surface area contributed by atoms with Gasteiger partial charge >= 0.3 is 0 Å². The minimum atomic E-state index is -0.384. The number of carbonyl (C=O) groups is 1. The Morgan fingerprint density at radius 3 is 2.50 bits per heavy atom. The van der Waals surface area contributed by atoms with Crippen LogP contribution in [0.2, 0.25) is 0 Å². The quantitative estimate of drug-likeness (QED) is 0.427. The summed E-state index contributed by atoms with van der Waals surface area (Å²) in [6.45, 7) is 6.39. The third-order valence-corrected chi connectivity index (χ3v) is 6.15. The number of amides is 1. The molecule has 4 nitrogen and oxygen atoms in total. The summed E-state index contributed by atoms with van der Waals surface area (Å²) in [4.78, 5) is 23.9. The lowest BCUT2D eigenvalue weighted by Crippen LogP contribution is -2.32. The van der Waals surface area contributed by atoms with Gasteiger partial charge in [-0.3, -0.25) is 14.7 Å². The molecule has 0 fully saturated rings. The van der Waals surface area contributed by atoms with E-state index in [0.717, 1.165) is 22.4 Å². The Bertz CT molecular complexity index is 1200. The number of hydrogen-bond donors (Lipinski definition) is 0. The fourth-order valence-corrected chi connectivity index (χ4v) is 4.67. The predicted molar refractivity (Wildman–Crippen MR) is 119 cm³/mol. The minimum absolute atomic E-state index is 0.0878. The average Bonchev–Trinajstić information content (AvgIpc) is 3.15. The van der Waals surface area contributed by atoms with Crippen LogP contribution in [0.4, 0.5) is 9.52 Å². The van der Waals surface area contributed by atoms with Crippen LogP contribution in [0.1, 0.15) is 27.9 Å². The van der Waals surface area contributed by atoms with Crippen LogP contribution in [0.3, 0.4) is 0 Å². The highest BCUT2D eigenvalue weighted by molar-refractivity contribution is 7.22. The van der Waals surface area contributed by atoms with Gasteiger partial charge in [0.05, 0.1) is 23.4 Å². The molecule has 4 aromatic rings. The first kappa shape index (κ1) is 20.2. The lowest BCUT2D eigenvalue weighted by atomic mass is 9.97. The molecule has 2 aromatic carbocycles. The van der Waals surface area contributed by atoms with Crippen molar-refractivity contribution in [2.75, 3.05) is 4.90 Å². The molecule has 152 valence electrons. The van der Waals surface area contributed by atoms with Gasteiger partial charge in [0.1, 0.15) is 11.3 Å². The number of rotatable bonds is 5. The third-order valence-electron chi connectivity index (χ3n) is 5.11. The van der Waals surface area contributed by atoms with Crippen LogP contribution < -0.4 is 4.90 Å². The average molecular weight is 420 g/mol. The van der Waals surface area contributed by atoms with E-state index in [1.807, 2.05) is 38.1 Å². The summed E-state index contributed by atoms with van der Waals surface area (Å²) in [7, 11) is 0. The maximum Gasteiger partial charge on any atom is 0.233 e. The molecule has 2 aromatic heterocycles. The fraction of sp³-hybridized carbons (Fsp3) is 0.208. The molecule has 6 heteroatoms. The molecule has 0 N–H and O–H groups in total. The van der Waals surface area contributed by atoms with Crippen LogP contribution >= 0.6 is 11.3 Å². The Morgan fingerprint density at radius 2 is 1.83 bits per heavy atom. The topological polar surface area (TPSA) is 46.1 Å². The molecule has 0 aliphatic carbocycles. The van der Waals surface area contributed by atoms with Gasteiger partial charge < -0.3 is 0 Å². The van der Waals surface area contributed by atoms with Gasteiger partial charge in [-0.25, -0.2) is 9.37 Å². The van der Waals surface area contributed by atoms with E-state index in [4.69, 9.17) is 0 Å². The van der Waals surface area contributed by atoms with Crippen LogP contribution in [0.25, 0.3) is 10.2 Å². The van der Waals surface area contributed by atoms with Gasteiger partial charge in [0.2, 0.25) is 5.91 Å². The zero-order chi connectivity index (χ0) is 21.3. The number of carbonyl (C=O) groups excluding carboxylic acids is 1. The molecule has 4 rings (SSSR count). The number of fused-ring (bicyclic) bond motifs is 1. The van der Waals surface area contributed by atoms with Crippen molar-refractivity contribution >= 4 is 32.6 Å². The molecule has 0 radical (unpaired) electrons. The Balaban J connectivity index is 1.73. The molecular formula is C24H22FN3OS.